The van der Waals surface area contributed by atoms with Crippen molar-refractivity contribution < 1.29 is 19.4 Å². The lowest BCUT2D eigenvalue weighted by molar-refractivity contribution is -0.143. The first-order chi connectivity index (χ1) is 9.61. The molecule has 6 nitrogen and oxygen atoms in total. The summed E-state index contributed by atoms with van der Waals surface area (Å²) >= 11 is 0. The summed E-state index contributed by atoms with van der Waals surface area (Å²) in [4.78, 5) is 28.9. The molecule has 1 aromatic heterocycles. The van der Waals surface area contributed by atoms with Gasteiger partial charge in [0, 0.05) is 25.4 Å². The van der Waals surface area contributed by atoms with Gasteiger partial charge in [-0.15, -0.1) is 0 Å². The number of carbonyl (C=O) groups excluding carboxylic acids is 1. The monoisotopic (exact) mass is 278 g/mol. The van der Waals surface area contributed by atoms with Gasteiger partial charge in [-0.05, 0) is 25.8 Å². The fraction of sp³-hybridized carbons (Fsp3) is 0.500. The average molecular weight is 278 g/mol. The zero-order chi connectivity index (χ0) is 14.5. The van der Waals surface area contributed by atoms with E-state index in [1.807, 2.05) is 6.92 Å². The first kappa shape index (κ1) is 14.3. The second-order valence-corrected chi connectivity index (χ2v) is 4.75. The summed E-state index contributed by atoms with van der Waals surface area (Å²) in [6.07, 6.45) is 2.81. The molecule has 0 saturated carbocycles. The third kappa shape index (κ3) is 3.26. The van der Waals surface area contributed by atoms with E-state index in [4.69, 9.17) is 9.84 Å². The number of aromatic nitrogens is 1. The van der Waals surface area contributed by atoms with Crippen LogP contribution in [0.25, 0.3) is 0 Å². The molecule has 0 radical (unpaired) electrons. The molecule has 108 valence electrons. The van der Waals surface area contributed by atoms with Gasteiger partial charge in [-0.1, -0.05) is 0 Å². The van der Waals surface area contributed by atoms with E-state index < -0.39 is 11.9 Å². The highest BCUT2D eigenvalue weighted by molar-refractivity contribution is 5.94. The van der Waals surface area contributed by atoms with Crippen molar-refractivity contribution in [3.63, 3.8) is 0 Å². The first-order valence-electron chi connectivity index (χ1n) is 6.72. The van der Waals surface area contributed by atoms with Crippen LogP contribution in [0.3, 0.4) is 0 Å². The first-order valence-corrected chi connectivity index (χ1v) is 6.72. The molecule has 1 saturated heterocycles. The van der Waals surface area contributed by atoms with E-state index in [2.05, 4.69) is 4.98 Å². The van der Waals surface area contributed by atoms with Gasteiger partial charge in [0.05, 0.1) is 18.1 Å². The number of aliphatic carboxylic acids is 1. The molecule has 0 aliphatic carbocycles. The SMILES string of the molecule is CCOc1ccc(C(=O)N2CCCC(C(=O)O)C2)cn1. The average Bonchev–Trinajstić information content (AvgIpc) is 2.48. The summed E-state index contributed by atoms with van der Waals surface area (Å²) in [6, 6.07) is 3.31. The van der Waals surface area contributed by atoms with Crippen LogP contribution in [0.1, 0.15) is 30.1 Å². The standard InChI is InChI=1S/C14H18N2O4/c1-2-20-12-6-5-10(8-15-12)13(17)16-7-3-4-11(9-16)14(18)19/h5-6,8,11H,2-4,7,9H2,1H3,(H,18,19). The predicted molar refractivity (Wildman–Crippen MR) is 71.7 cm³/mol. The fourth-order valence-electron chi connectivity index (χ4n) is 2.29. The van der Waals surface area contributed by atoms with Crippen LogP contribution in [-0.4, -0.2) is 46.6 Å². The van der Waals surface area contributed by atoms with Gasteiger partial charge in [-0.2, -0.15) is 0 Å². The molecule has 0 spiro atoms. The molecule has 1 aliphatic rings. The van der Waals surface area contributed by atoms with Gasteiger partial charge >= 0.3 is 5.97 Å². The molecule has 6 heteroatoms. The summed E-state index contributed by atoms with van der Waals surface area (Å²) in [6.45, 7) is 3.24. The third-order valence-corrected chi connectivity index (χ3v) is 3.33. The molecule has 2 rings (SSSR count). The molecular weight excluding hydrogens is 260 g/mol. The maximum absolute atomic E-state index is 12.3. The summed E-state index contributed by atoms with van der Waals surface area (Å²) in [7, 11) is 0. The van der Waals surface area contributed by atoms with E-state index in [9.17, 15) is 9.59 Å². The third-order valence-electron chi connectivity index (χ3n) is 3.33. The van der Waals surface area contributed by atoms with Crippen LogP contribution < -0.4 is 4.74 Å². The lowest BCUT2D eigenvalue weighted by atomic mass is 9.98. The predicted octanol–water partition coefficient (Wildman–Crippen LogP) is 1.42. The van der Waals surface area contributed by atoms with Crippen LogP contribution >= 0.6 is 0 Å². The number of amides is 1. The van der Waals surface area contributed by atoms with E-state index in [-0.39, 0.29) is 12.5 Å². The molecular formula is C14H18N2O4. The second-order valence-electron chi connectivity index (χ2n) is 4.75. The molecule has 1 aliphatic heterocycles. The van der Waals surface area contributed by atoms with Crippen molar-refractivity contribution in [2.75, 3.05) is 19.7 Å². The number of pyridine rings is 1. The van der Waals surface area contributed by atoms with Gasteiger partial charge in [-0.25, -0.2) is 4.98 Å². The lowest BCUT2D eigenvalue weighted by Gasteiger charge is -2.30. The van der Waals surface area contributed by atoms with Crippen LogP contribution in [0.4, 0.5) is 0 Å². The molecule has 0 aromatic carbocycles. The number of carbonyl (C=O) groups is 2. The van der Waals surface area contributed by atoms with Gasteiger partial charge in [0.1, 0.15) is 0 Å². The van der Waals surface area contributed by atoms with Crippen LogP contribution in [0.5, 0.6) is 5.88 Å². The van der Waals surface area contributed by atoms with Crippen LogP contribution in [-0.2, 0) is 4.79 Å². The smallest absolute Gasteiger partial charge is 0.308 e. The van der Waals surface area contributed by atoms with Crippen molar-refractivity contribution in [1.29, 1.82) is 0 Å². The Morgan fingerprint density at radius 3 is 2.90 bits per heavy atom. The van der Waals surface area contributed by atoms with Gasteiger partial charge in [0.25, 0.3) is 5.91 Å². The van der Waals surface area contributed by atoms with Crippen LogP contribution in [0.2, 0.25) is 0 Å². The summed E-state index contributed by atoms with van der Waals surface area (Å²) in [5, 5.41) is 9.04. The maximum Gasteiger partial charge on any atom is 0.308 e. The Kier molecular flexibility index (Phi) is 4.55. The zero-order valence-electron chi connectivity index (χ0n) is 11.4. The summed E-state index contributed by atoms with van der Waals surface area (Å²) in [5.74, 6) is -1.01. The molecule has 2 heterocycles. The number of rotatable bonds is 4. The molecule has 1 atom stereocenters. The van der Waals surface area contributed by atoms with E-state index in [1.165, 1.54) is 6.20 Å². The molecule has 0 bridgehead atoms. The number of nitrogens with zero attached hydrogens (tertiary/aromatic N) is 2. The molecule has 1 unspecified atom stereocenters. The van der Waals surface area contributed by atoms with Gasteiger partial charge in [-0.3, -0.25) is 9.59 Å². The van der Waals surface area contributed by atoms with Gasteiger partial charge in [0.15, 0.2) is 0 Å². The minimum Gasteiger partial charge on any atom is -0.481 e. The van der Waals surface area contributed by atoms with E-state index in [0.29, 0.717) is 37.4 Å². The van der Waals surface area contributed by atoms with Gasteiger partial charge < -0.3 is 14.7 Å². The Morgan fingerprint density at radius 1 is 1.50 bits per heavy atom. The Morgan fingerprint density at radius 2 is 2.30 bits per heavy atom. The van der Waals surface area contributed by atoms with Crippen LogP contribution in [0, 0.1) is 5.92 Å². The van der Waals surface area contributed by atoms with Crippen molar-refractivity contribution >= 4 is 11.9 Å². The number of ether oxygens (including phenoxy) is 1. The number of carboxylic acids is 1. The highest BCUT2D eigenvalue weighted by Crippen LogP contribution is 2.19. The highest BCUT2D eigenvalue weighted by Gasteiger charge is 2.28. The summed E-state index contributed by atoms with van der Waals surface area (Å²) < 4.78 is 5.22. The normalized spacial score (nSPS) is 18.6. The number of piperidine rings is 1. The van der Waals surface area contributed by atoms with E-state index in [0.717, 1.165) is 0 Å². The Hall–Kier alpha value is -2.11. The van der Waals surface area contributed by atoms with Crippen molar-refractivity contribution in [3.05, 3.63) is 23.9 Å². The number of carboxylic acid groups (broad SMARTS) is 1. The number of likely N-dealkylation sites (tertiary alicyclic amines) is 1. The minimum absolute atomic E-state index is 0.175. The number of hydrogen-bond donors (Lipinski definition) is 1. The second kappa shape index (κ2) is 6.36. The quantitative estimate of drug-likeness (QED) is 0.901. The largest absolute Gasteiger partial charge is 0.481 e. The van der Waals surface area contributed by atoms with Gasteiger partial charge in [0.2, 0.25) is 5.88 Å². The van der Waals surface area contributed by atoms with Crippen molar-refractivity contribution in [3.8, 4) is 5.88 Å². The number of hydrogen-bond acceptors (Lipinski definition) is 4. The zero-order valence-corrected chi connectivity index (χ0v) is 11.4. The fourth-order valence-corrected chi connectivity index (χ4v) is 2.29. The molecule has 1 amide bonds. The van der Waals surface area contributed by atoms with E-state index in [1.54, 1.807) is 17.0 Å². The summed E-state index contributed by atoms with van der Waals surface area (Å²) in [5.41, 5.74) is 0.458. The molecule has 1 aromatic rings. The topological polar surface area (TPSA) is 79.7 Å². The minimum atomic E-state index is -0.840. The highest BCUT2D eigenvalue weighted by atomic mass is 16.5. The lowest BCUT2D eigenvalue weighted by Crippen LogP contribution is -2.42. The molecule has 1 N–H and O–H groups in total. The van der Waals surface area contributed by atoms with Crippen molar-refractivity contribution in [2.24, 2.45) is 5.92 Å². The molecule has 1 fully saturated rings. The Labute approximate surface area is 117 Å². The maximum atomic E-state index is 12.3. The Bertz CT molecular complexity index is 486. The molecule has 20 heavy (non-hydrogen) atoms. The Balaban J connectivity index is 2.04. The van der Waals surface area contributed by atoms with Crippen LogP contribution in [0.15, 0.2) is 18.3 Å². The van der Waals surface area contributed by atoms with Crippen molar-refractivity contribution in [1.82, 2.24) is 9.88 Å². The van der Waals surface area contributed by atoms with E-state index >= 15 is 0 Å². The van der Waals surface area contributed by atoms with Crippen molar-refractivity contribution in [2.45, 2.75) is 19.8 Å².